The summed E-state index contributed by atoms with van der Waals surface area (Å²) in [4.78, 5) is 30.2. The molecule has 2 aliphatic rings. The van der Waals surface area contributed by atoms with E-state index in [0.717, 1.165) is 74.5 Å². The van der Waals surface area contributed by atoms with Crippen LogP contribution < -0.4 is 14.8 Å². The van der Waals surface area contributed by atoms with Gasteiger partial charge in [0, 0.05) is 32.3 Å². The van der Waals surface area contributed by atoms with E-state index in [1.807, 2.05) is 53.4 Å². The molecule has 0 aliphatic carbocycles. The van der Waals surface area contributed by atoms with Crippen molar-refractivity contribution in [3.05, 3.63) is 59.7 Å². The summed E-state index contributed by atoms with van der Waals surface area (Å²) in [6, 6.07) is 15.6. The van der Waals surface area contributed by atoms with Gasteiger partial charge in [0.05, 0.1) is 25.7 Å². The molecule has 4 rings (SSSR count). The van der Waals surface area contributed by atoms with Crippen LogP contribution in [0.15, 0.2) is 48.5 Å². The molecule has 200 valence electrons. The highest BCUT2D eigenvalue weighted by molar-refractivity contribution is 5.85. The van der Waals surface area contributed by atoms with Crippen LogP contribution in [0, 0.1) is 5.41 Å². The highest BCUT2D eigenvalue weighted by Gasteiger charge is 2.47. The summed E-state index contributed by atoms with van der Waals surface area (Å²) in [5.74, 6) is 1.73. The number of piperidine rings is 1. The SMILES string of the molecule is COCC(=O)NC(CCN1CCC2(CC1)CCN(Cc1ccc(OC)cc1)C2=O)c1ccccc1OC. The minimum absolute atomic E-state index is 0.0209. The van der Waals surface area contributed by atoms with E-state index in [0.29, 0.717) is 12.5 Å². The first kappa shape index (κ1) is 26.9. The molecule has 8 nitrogen and oxygen atoms in total. The minimum atomic E-state index is -0.238. The van der Waals surface area contributed by atoms with Gasteiger partial charge in [0.2, 0.25) is 11.8 Å². The van der Waals surface area contributed by atoms with Gasteiger partial charge in [-0.1, -0.05) is 30.3 Å². The number of carbonyl (C=O) groups excluding carboxylic acids is 2. The van der Waals surface area contributed by atoms with Crippen molar-refractivity contribution in [2.24, 2.45) is 5.41 Å². The summed E-state index contributed by atoms with van der Waals surface area (Å²) in [5, 5.41) is 3.10. The fraction of sp³-hybridized carbons (Fsp3) is 0.517. The lowest BCUT2D eigenvalue weighted by molar-refractivity contribution is -0.139. The van der Waals surface area contributed by atoms with Gasteiger partial charge in [-0.25, -0.2) is 0 Å². The van der Waals surface area contributed by atoms with Crippen LogP contribution in [0.5, 0.6) is 11.5 Å². The normalized spacial score (nSPS) is 18.1. The van der Waals surface area contributed by atoms with Gasteiger partial charge in [-0.3, -0.25) is 9.59 Å². The third-order valence-corrected chi connectivity index (χ3v) is 7.81. The van der Waals surface area contributed by atoms with E-state index < -0.39 is 0 Å². The Hall–Kier alpha value is -3.10. The molecule has 37 heavy (non-hydrogen) atoms. The Labute approximate surface area is 219 Å². The maximum absolute atomic E-state index is 13.4. The Morgan fingerprint density at radius 2 is 1.68 bits per heavy atom. The number of hydrogen-bond donors (Lipinski definition) is 1. The number of amides is 2. The molecule has 1 unspecified atom stereocenters. The first-order valence-corrected chi connectivity index (χ1v) is 13.0. The van der Waals surface area contributed by atoms with Crippen LogP contribution in [0.25, 0.3) is 0 Å². The fourth-order valence-electron chi connectivity index (χ4n) is 5.60. The van der Waals surface area contributed by atoms with Crippen LogP contribution in [0.1, 0.15) is 42.9 Å². The Balaban J connectivity index is 1.33. The van der Waals surface area contributed by atoms with E-state index in [1.54, 1.807) is 14.2 Å². The molecule has 2 aromatic carbocycles. The number of likely N-dealkylation sites (tertiary alicyclic amines) is 2. The van der Waals surface area contributed by atoms with E-state index in [-0.39, 0.29) is 24.0 Å². The van der Waals surface area contributed by atoms with Crippen LogP contribution >= 0.6 is 0 Å². The van der Waals surface area contributed by atoms with Gasteiger partial charge in [-0.2, -0.15) is 0 Å². The molecule has 0 bridgehead atoms. The molecule has 1 atom stereocenters. The molecule has 2 saturated heterocycles. The molecule has 8 heteroatoms. The first-order chi connectivity index (χ1) is 18.0. The number of nitrogens with zero attached hydrogens (tertiary/aromatic N) is 2. The lowest BCUT2D eigenvalue weighted by Gasteiger charge is -2.38. The van der Waals surface area contributed by atoms with E-state index in [9.17, 15) is 9.59 Å². The summed E-state index contributed by atoms with van der Waals surface area (Å²) in [5.41, 5.74) is 1.85. The molecular weight excluding hydrogens is 470 g/mol. The lowest BCUT2D eigenvalue weighted by Crippen LogP contribution is -2.45. The topological polar surface area (TPSA) is 80.3 Å². The van der Waals surface area contributed by atoms with Crippen molar-refractivity contribution < 1.29 is 23.8 Å². The minimum Gasteiger partial charge on any atom is -0.497 e. The number of rotatable bonds is 11. The molecule has 0 saturated carbocycles. The van der Waals surface area contributed by atoms with Crippen molar-refractivity contribution in [2.75, 3.05) is 54.1 Å². The molecule has 1 N–H and O–H groups in total. The molecule has 2 aliphatic heterocycles. The zero-order valence-electron chi connectivity index (χ0n) is 22.2. The van der Waals surface area contributed by atoms with Crippen LogP contribution in [0.4, 0.5) is 0 Å². The summed E-state index contributed by atoms with van der Waals surface area (Å²) < 4.78 is 15.8. The zero-order chi connectivity index (χ0) is 26.3. The molecular formula is C29H39N3O5. The molecule has 2 aromatic rings. The summed E-state index contributed by atoms with van der Waals surface area (Å²) in [6.07, 6.45) is 3.42. The van der Waals surface area contributed by atoms with Gasteiger partial charge in [-0.05, 0) is 62.5 Å². The highest BCUT2D eigenvalue weighted by atomic mass is 16.5. The summed E-state index contributed by atoms with van der Waals surface area (Å²) >= 11 is 0. The second-order valence-corrected chi connectivity index (χ2v) is 10.0. The smallest absolute Gasteiger partial charge is 0.246 e. The predicted molar refractivity (Wildman–Crippen MR) is 142 cm³/mol. The third kappa shape index (κ3) is 6.43. The van der Waals surface area contributed by atoms with Crippen molar-refractivity contribution in [3.63, 3.8) is 0 Å². The lowest BCUT2D eigenvalue weighted by atomic mass is 9.77. The maximum atomic E-state index is 13.4. The van der Waals surface area contributed by atoms with Crippen LogP contribution in [0.3, 0.4) is 0 Å². The third-order valence-electron chi connectivity index (χ3n) is 7.81. The predicted octanol–water partition coefficient (Wildman–Crippen LogP) is 3.41. The summed E-state index contributed by atoms with van der Waals surface area (Å²) in [7, 11) is 4.82. The van der Waals surface area contributed by atoms with E-state index >= 15 is 0 Å². The molecule has 2 amide bonds. The Morgan fingerprint density at radius 3 is 2.35 bits per heavy atom. The standard InChI is InChI=1S/C29H39N3O5/c1-35-21-27(33)30-25(24-6-4-5-7-26(24)37-3)12-16-31-17-13-29(14-18-31)15-19-32(28(29)34)20-22-8-10-23(36-2)11-9-22/h4-11,25H,12-21H2,1-3H3,(H,30,33). The highest BCUT2D eigenvalue weighted by Crippen LogP contribution is 2.42. The van der Waals surface area contributed by atoms with Gasteiger partial charge in [0.25, 0.3) is 0 Å². The quantitative estimate of drug-likeness (QED) is 0.500. The van der Waals surface area contributed by atoms with Crippen molar-refractivity contribution in [3.8, 4) is 11.5 Å². The van der Waals surface area contributed by atoms with Gasteiger partial charge < -0.3 is 29.3 Å². The Bertz CT molecular complexity index is 1050. The fourth-order valence-corrected chi connectivity index (χ4v) is 5.60. The van der Waals surface area contributed by atoms with E-state index in [4.69, 9.17) is 14.2 Å². The second-order valence-electron chi connectivity index (χ2n) is 10.0. The molecule has 0 aromatic heterocycles. The van der Waals surface area contributed by atoms with Gasteiger partial charge in [-0.15, -0.1) is 0 Å². The number of para-hydroxylation sites is 1. The number of nitrogens with one attached hydrogen (secondary N) is 1. The van der Waals surface area contributed by atoms with Crippen molar-refractivity contribution in [1.29, 1.82) is 0 Å². The van der Waals surface area contributed by atoms with E-state index in [2.05, 4.69) is 10.2 Å². The van der Waals surface area contributed by atoms with Crippen LogP contribution in [-0.4, -0.2) is 75.7 Å². The summed E-state index contributed by atoms with van der Waals surface area (Å²) in [6.45, 7) is 4.07. The van der Waals surface area contributed by atoms with Crippen molar-refractivity contribution in [1.82, 2.24) is 15.1 Å². The average molecular weight is 510 g/mol. The largest absolute Gasteiger partial charge is 0.497 e. The molecule has 1 spiro atoms. The number of benzene rings is 2. The van der Waals surface area contributed by atoms with E-state index in [1.165, 1.54) is 7.11 Å². The maximum Gasteiger partial charge on any atom is 0.246 e. The van der Waals surface area contributed by atoms with Crippen LogP contribution in [0.2, 0.25) is 0 Å². The van der Waals surface area contributed by atoms with Crippen molar-refractivity contribution in [2.45, 2.75) is 38.3 Å². The van der Waals surface area contributed by atoms with Gasteiger partial charge >= 0.3 is 0 Å². The molecule has 2 heterocycles. The number of carbonyl (C=O) groups is 2. The second kappa shape index (κ2) is 12.4. The van der Waals surface area contributed by atoms with Crippen LogP contribution in [-0.2, 0) is 20.9 Å². The van der Waals surface area contributed by atoms with Gasteiger partial charge in [0.1, 0.15) is 18.1 Å². The molecule has 2 fully saturated rings. The number of ether oxygens (including phenoxy) is 3. The number of methoxy groups -OCH3 is 3. The number of hydrogen-bond acceptors (Lipinski definition) is 6. The monoisotopic (exact) mass is 509 g/mol. The zero-order valence-corrected chi connectivity index (χ0v) is 22.2. The Morgan fingerprint density at radius 1 is 0.973 bits per heavy atom. The molecule has 0 radical (unpaired) electrons. The van der Waals surface area contributed by atoms with Crippen molar-refractivity contribution >= 4 is 11.8 Å². The average Bonchev–Trinajstić information content (AvgIpc) is 3.22. The van der Waals surface area contributed by atoms with Gasteiger partial charge in [0.15, 0.2) is 0 Å². The first-order valence-electron chi connectivity index (χ1n) is 13.0. The Kier molecular flexibility index (Phi) is 9.05.